The number of ether oxygens (including phenoxy) is 3. The fourth-order valence-corrected chi connectivity index (χ4v) is 9.10. The van der Waals surface area contributed by atoms with Crippen LogP contribution < -0.4 is 11.1 Å². The molecule has 8 atom stereocenters. The summed E-state index contributed by atoms with van der Waals surface area (Å²) in [6.07, 6.45) is 2.67. The summed E-state index contributed by atoms with van der Waals surface area (Å²) in [4.78, 5) is 68.2. The van der Waals surface area contributed by atoms with Crippen LogP contribution in [-0.4, -0.2) is 59.1 Å². The summed E-state index contributed by atoms with van der Waals surface area (Å²) < 4.78 is 17.9. The zero-order valence-corrected chi connectivity index (χ0v) is 30.5. The van der Waals surface area contributed by atoms with E-state index < -0.39 is 65.5 Å². The lowest BCUT2D eigenvalue weighted by Crippen LogP contribution is -2.66. The van der Waals surface area contributed by atoms with Gasteiger partial charge in [0, 0.05) is 29.7 Å². The normalized spacial score (nSPS) is 31.4. The van der Waals surface area contributed by atoms with Crippen molar-refractivity contribution < 1.29 is 43.3 Å². The van der Waals surface area contributed by atoms with Crippen molar-refractivity contribution in [1.82, 2.24) is 0 Å². The second-order valence-electron chi connectivity index (χ2n) is 15.2. The van der Waals surface area contributed by atoms with E-state index >= 15 is 4.79 Å². The van der Waals surface area contributed by atoms with Gasteiger partial charge in [-0.15, -0.1) is 0 Å². The predicted octanol–water partition coefficient (Wildman–Crippen LogP) is 5.60. The number of carbonyl (C=O) groups is 5. The summed E-state index contributed by atoms with van der Waals surface area (Å²) >= 11 is 0. The van der Waals surface area contributed by atoms with E-state index in [2.05, 4.69) is 19.2 Å². The number of amides is 1. The van der Waals surface area contributed by atoms with Gasteiger partial charge in [0.05, 0.1) is 22.2 Å². The van der Waals surface area contributed by atoms with Crippen molar-refractivity contribution in [1.29, 1.82) is 0 Å². The molecule has 0 aromatic heterocycles. The van der Waals surface area contributed by atoms with Gasteiger partial charge in [-0.1, -0.05) is 63.3 Å². The summed E-state index contributed by atoms with van der Waals surface area (Å²) in [5.74, 6) is -4.15. The van der Waals surface area contributed by atoms with Crippen LogP contribution in [0.3, 0.4) is 0 Å². The lowest BCUT2D eigenvalue weighted by molar-refractivity contribution is -0.210. The first-order valence-corrected chi connectivity index (χ1v) is 17.6. The third-order valence-electron chi connectivity index (χ3n) is 11.9. The Morgan fingerprint density at radius 3 is 2.31 bits per heavy atom. The van der Waals surface area contributed by atoms with Crippen LogP contribution in [0, 0.1) is 34.5 Å². The highest BCUT2D eigenvalue weighted by Crippen LogP contribution is 2.72. The van der Waals surface area contributed by atoms with Gasteiger partial charge in [0.25, 0.3) is 5.91 Å². The third-order valence-corrected chi connectivity index (χ3v) is 11.9. The molecule has 1 spiro atoms. The van der Waals surface area contributed by atoms with Gasteiger partial charge in [-0.05, 0) is 80.2 Å². The maximum absolute atomic E-state index is 15.1. The average molecular weight is 711 g/mol. The molecular formula is C41H46N2O9. The van der Waals surface area contributed by atoms with Crippen molar-refractivity contribution in [3.8, 4) is 0 Å². The van der Waals surface area contributed by atoms with E-state index in [0.29, 0.717) is 12.0 Å². The molecule has 1 amide bonds. The molecule has 2 bridgehead atoms. The molecule has 11 heteroatoms. The zero-order valence-electron chi connectivity index (χ0n) is 30.5. The number of benzene rings is 2. The molecule has 0 saturated heterocycles. The number of Topliss-reactive ketones (excluding diaryl/α,β-unsaturated/α-hetero) is 1. The number of nitrogens with one attached hydrogen (secondary N) is 1. The number of esters is 3. The largest absolute Gasteiger partial charge is 0.457 e. The van der Waals surface area contributed by atoms with Gasteiger partial charge in [-0.2, -0.15) is 0 Å². The first-order chi connectivity index (χ1) is 24.5. The molecule has 2 aromatic rings. The van der Waals surface area contributed by atoms with Gasteiger partial charge in [0.15, 0.2) is 23.6 Å². The molecule has 2 fully saturated rings. The monoisotopic (exact) mass is 710 g/mol. The van der Waals surface area contributed by atoms with E-state index in [1.807, 2.05) is 6.92 Å². The third kappa shape index (κ3) is 5.66. The second kappa shape index (κ2) is 13.2. The Hall–Kier alpha value is -5.03. The average Bonchev–Trinajstić information content (AvgIpc) is 3.60. The highest BCUT2D eigenvalue weighted by atomic mass is 16.6. The molecule has 11 nitrogen and oxygen atoms in total. The number of nitrogen functional groups attached to an aromatic ring is 1. The molecule has 6 rings (SSSR count). The van der Waals surface area contributed by atoms with E-state index in [0.717, 1.165) is 0 Å². The van der Waals surface area contributed by atoms with Gasteiger partial charge in [-0.3, -0.25) is 14.4 Å². The first kappa shape index (κ1) is 36.8. The van der Waals surface area contributed by atoms with Gasteiger partial charge >= 0.3 is 17.9 Å². The number of anilines is 2. The number of hydrogen-bond acceptors (Lipinski definition) is 10. The van der Waals surface area contributed by atoms with E-state index in [1.54, 1.807) is 81.5 Å². The minimum Gasteiger partial charge on any atom is -0.457 e. The maximum atomic E-state index is 15.1. The first-order valence-electron chi connectivity index (χ1n) is 17.6. The Bertz CT molecular complexity index is 1960. The molecule has 0 unspecified atom stereocenters. The van der Waals surface area contributed by atoms with Gasteiger partial charge in [0.2, 0.25) is 0 Å². The smallest absolute Gasteiger partial charge is 0.340 e. The Morgan fingerprint density at radius 2 is 1.65 bits per heavy atom. The number of nitrogens with two attached hydrogens (primary N) is 1. The molecule has 2 aromatic carbocycles. The van der Waals surface area contributed by atoms with Gasteiger partial charge in [0.1, 0.15) is 6.61 Å². The van der Waals surface area contributed by atoms with Crippen LogP contribution in [-0.2, 0) is 28.6 Å². The Kier molecular flexibility index (Phi) is 9.32. The Balaban J connectivity index is 1.43. The summed E-state index contributed by atoms with van der Waals surface area (Å²) in [7, 11) is 0. The number of para-hydroxylation sites is 2. The molecule has 274 valence electrons. The number of ketones is 1. The number of hydrogen-bond donors (Lipinski definition) is 3. The van der Waals surface area contributed by atoms with Crippen LogP contribution in [0.4, 0.5) is 11.4 Å². The van der Waals surface area contributed by atoms with Crippen LogP contribution >= 0.6 is 0 Å². The number of aliphatic hydroxyl groups is 1. The molecular weight excluding hydrogens is 664 g/mol. The van der Waals surface area contributed by atoms with Crippen LogP contribution in [0.15, 0.2) is 83.5 Å². The summed E-state index contributed by atoms with van der Waals surface area (Å²) in [5.41, 5.74) is 3.51. The molecule has 4 aliphatic carbocycles. The maximum Gasteiger partial charge on any atom is 0.340 e. The highest BCUT2D eigenvalue weighted by Gasteiger charge is 2.77. The van der Waals surface area contributed by atoms with Crippen molar-refractivity contribution >= 4 is 41.0 Å². The number of carbonyl (C=O) groups excluding carboxylic acids is 5. The second-order valence-corrected chi connectivity index (χ2v) is 15.2. The highest BCUT2D eigenvalue weighted by molar-refractivity contribution is 6.10. The minimum absolute atomic E-state index is 0.0351. The lowest BCUT2D eigenvalue weighted by Gasteiger charge is -2.49. The van der Waals surface area contributed by atoms with Crippen molar-refractivity contribution in [3.05, 3.63) is 94.6 Å². The lowest BCUT2D eigenvalue weighted by atomic mass is 9.59. The van der Waals surface area contributed by atoms with Crippen molar-refractivity contribution in [3.63, 3.8) is 0 Å². The summed E-state index contributed by atoms with van der Waals surface area (Å²) in [5, 5.41) is 16.0. The SMILES string of the molecule is C/C=C(/C)C(=O)O[C@@H]1C(COC(=O)c2ccccc2NC(=O)c2ccccc2N)=C[C@H]2C(=O)[C@]3(C=C(C)[C@H](OC(C)=O)[C@@]13O)[C@H](C)C[C@@H]1[C@H]2C1(C)C. The van der Waals surface area contributed by atoms with E-state index in [4.69, 9.17) is 19.9 Å². The van der Waals surface area contributed by atoms with Gasteiger partial charge in [-0.25, -0.2) is 9.59 Å². The molecule has 4 N–H and O–H groups in total. The fourth-order valence-electron chi connectivity index (χ4n) is 9.10. The Morgan fingerprint density at radius 1 is 1.00 bits per heavy atom. The minimum atomic E-state index is -2.28. The van der Waals surface area contributed by atoms with Crippen LogP contribution in [0.25, 0.3) is 0 Å². The van der Waals surface area contributed by atoms with Crippen molar-refractivity contribution in [2.24, 2.45) is 34.5 Å². The summed E-state index contributed by atoms with van der Waals surface area (Å²) in [6.45, 7) is 11.8. The molecule has 0 radical (unpaired) electrons. The summed E-state index contributed by atoms with van der Waals surface area (Å²) in [6, 6.07) is 12.8. The number of rotatable bonds is 8. The van der Waals surface area contributed by atoms with Crippen LogP contribution in [0.2, 0.25) is 0 Å². The van der Waals surface area contributed by atoms with E-state index in [9.17, 15) is 24.3 Å². The van der Waals surface area contributed by atoms with Crippen molar-refractivity contribution in [2.75, 3.05) is 17.7 Å². The fraction of sp³-hybridized carbons (Fsp3) is 0.439. The van der Waals surface area contributed by atoms with Gasteiger partial charge < -0.3 is 30.4 Å². The topological polar surface area (TPSA) is 171 Å². The van der Waals surface area contributed by atoms with E-state index in [-0.39, 0.29) is 56.7 Å². The zero-order chi connectivity index (χ0) is 37.9. The Labute approximate surface area is 303 Å². The van der Waals surface area contributed by atoms with Crippen molar-refractivity contribution in [2.45, 2.75) is 72.7 Å². The number of fused-ring (bicyclic) bond motifs is 3. The van der Waals surface area contributed by atoms with Crippen LogP contribution in [0.5, 0.6) is 0 Å². The molecule has 0 aliphatic heterocycles. The standard InChI is InChI=1S/C41H46N2O9/c1-8-21(2)37(47)52-35-25(20-50-38(48)27-14-10-12-16-31(27)43-36(46)26-13-9-11-15-30(26)42)18-28-32-29(39(32,6)7)17-23(4)40(33(28)45)19-22(3)34(41(35,40)49)51-24(5)44/h8-16,18-19,23,28-29,32,34-35,49H,17,20,42H2,1-7H3,(H,43,46)/b21-8-/t23-,28-,29-,32+,34+,35-,40+,41-/m1/s1. The number of allylic oxidation sites excluding steroid dienone is 2. The molecule has 52 heavy (non-hydrogen) atoms. The molecule has 4 aliphatic rings. The molecule has 2 saturated carbocycles. The quantitative estimate of drug-likeness (QED) is 0.103. The van der Waals surface area contributed by atoms with Crippen LogP contribution in [0.1, 0.15) is 75.6 Å². The molecule has 0 heterocycles. The van der Waals surface area contributed by atoms with E-state index in [1.165, 1.54) is 13.0 Å². The predicted molar refractivity (Wildman–Crippen MR) is 193 cm³/mol.